The first-order valence-electron chi connectivity index (χ1n) is 7.30. The monoisotopic (exact) mass is 269 g/mol. The summed E-state index contributed by atoms with van der Waals surface area (Å²) in [6.07, 6.45) is 10.9. The molecule has 0 N–H and O–H groups in total. The molecule has 4 nitrogen and oxygen atoms in total. The summed E-state index contributed by atoms with van der Waals surface area (Å²) in [4.78, 5) is 26.4. The summed E-state index contributed by atoms with van der Waals surface area (Å²) in [7, 11) is 0. The smallest absolute Gasteiger partial charge is 0.332 e. The van der Waals surface area contributed by atoms with Crippen LogP contribution in [0.15, 0.2) is 35.5 Å². The highest BCUT2D eigenvalue weighted by Crippen LogP contribution is 2.62. The Kier molecular flexibility index (Phi) is 1.73. The zero-order valence-electron chi connectivity index (χ0n) is 11.1. The molecule has 3 heterocycles. The van der Waals surface area contributed by atoms with Gasteiger partial charge in [0.1, 0.15) is 0 Å². The van der Waals surface area contributed by atoms with Gasteiger partial charge in [-0.25, -0.2) is 4.79 Å². The minimum Gasteiger partial charge on any atom is -0.449 e. The van der Waals surface area contributed by atoms with Crippen molar-refractivity contribution in [1.29, 1.82) is 0 Å². The van der Waals surface area contributed by atoms with E-state index in [-0.39, 0.29) is 17.8 Å². The molecular weight excluding hydrogens is 254 g/mol. The van der Waals surface area contributed by atoms with Crippen molar-refractivity contribution in [3.8, 4) is 0 Å². The Balaban J connectivity index is 1.80. The number of hydrogen-bond donors (Lipinski definition) is 0. The highest BCUT2D eigenvalue weighted by Gasteiger charge is 2.72. The molecule has 0 radical (unpaired) electrons. The quantitative estimate of drug-likeness (QED) is 0.622. The fraction of sp³-hybridized carbons (Fsp3) is 0.500. The lowest BCUT2D eigenvalue weighted by Crippen LogP contribution is -2.61. The van der Waals surface area contributed by atoms with Gasteiger partial charge in [-0.3, -0.25) is 9.69 Å². The molecule has 4 heteroatoms. The molecule has 102 valence electrons. The molecule has 2 fully saturated rings. The zero-order valence-corrected chi connectivity index (χ0v) is 11.1. The maximum atomic E-state index is 12.1. The van der Waals surface area contributed by atoms with Crippen molar-refractivity contribution in [2.24, 2.45) is 0 Å². The van der Waals surface area contributed by atoms with Crippen molar-refractivity contribution in [2.45, 2.75) is 42.9 Å². The SMILES string of the molecule is O=C1C=C2CCCN3[C@H]4C=CC5=CC(=O)O[C@@]5(C4)[C@@]23C1. The lowest BCUT2D eigenvalue weighted by Gasteiger charge is -2.49. The maximum absolute atomic E-state index is 12.1. The molecule has 2 aliphatic carbocycles. The minimum absolute atomic E-state index is 0.177. The van der Waals surface area contributed by atoms with Gasteiger partial charge in [-0.15, -0.1) is 0 Å². The second-order valence-corrected chi connectivity index (χ2v) is 6.45. The first kappa shape index (κ1) is 11.0. The van der Waals surface area contributed by atoms with Crippen molar-refractivity contribution < 1.29 is 14.3 Å². The summed E-state index contributed by atoms with van der Waals surface area (Å²) < 4.78 is 5.85. The molecule has 0 saturated carbocycles. The van der Waals surface area contributed by atoms with E-state index in [1.807, 2.05) is 12.2 Å². The van der Waals surface area contributed by atoms with Crippen molar-refractivity contribution in [3.63, 3.8) is 0 Å². The Morgan fingerprint density at radius 3 is 3.10 bits per heavy atom. The Morgan fingerprint density at radius 2 is 2.20 bits per heavy atom. The number of hydrogen-bond acceptors (Lipinski definition) is 4. The Hall–Kier alpha value is -1.68. The van der Waals surface area contributed by atoms with Gasteiger partial charge in [0.25, 0.3) is 0 Å². The van der Waals surface area contributed by atoms with E-state index in [1.54, 1.807) is 6.08 Å². The summed E-state index contributed by atoms with van der Waals surface area (Å²) in [6.45, 7) is 0.978. The van der Waals surface area contributed by atoms with Crippen molar-refractivity contribution in [3.05, 3.63) is 35.5 Å². The zero-order chi connectivity index (χ0) is 13.5. The van der Waals surface area contributed by atoms with Crippen LogP contribution in [0.4, 0.5) is 0 Å². The summed E-state index contributed by atoms with van der Waals surface area (Å²) >= 11 is 0. The number of ether oxygens (including phenoxy) is 1. The molecule has 5 aliphatic rings. The van der Waals surface area contributed by atoms with Crippen molar-refractivity contribution in [1.82, 2.24) is 4.90 Å². The topological polar surface area (TPSA) is 46.6 Å². The van der Waals surface area contributed by atoms with Gasteiger partial charge < -0.3 is 4.74 Å². The molecule has 0 unspecified atom stereocenters. The average Bonchev–Trinajstić information content (AvgIpc) is 2.99. The fourth-order valence-electron chi connectivity index (χ4n) is 5.14. The molecule has 0 aromatic rings. The number of ketones is 1. The maximum Gasteiger partial charge on any atom is 0.332 e. The van der Waals surface area contributed by atoms with E-state index in [2.05, 4.69) is 11.0 Å². The van der Waals surface area contributed by atoms with E-state index in [1.165, 1.54) is 5.57 Å². The third-order valence-electron chi connectivity index (χ3n) is 5.71. The van der Waals surface area contributed by atoms with E-state index < -0.39 is 11.1 Å². The first-order chi connectivity index (χ1) is 9.66. The molecule has 3 atom stereocenters. The molecule has 2 saturated heterocycles. The van der Waals surface area contributed by atoms with Gasteiger partial charge in [0.15, 0.2) is 11.4 Å². The molecule has 2 bridgehead atoms. The predicted octanol–water partition coefficient (Wildman–Crippen LogP) is 1.28. The number of fused-ring (bicyclic) bond motifs is 2. The second-order valence-electron chi connectivity index (χ2n) is 6.45. The van der Waals surface area contributed by atoms with E-state index >= 15 is 0 Å². The van der Waals surface area contributed by atoms with Crippen LogP contribution in [0.3, 0.4) is 0 Å². The number of allylic oxidation sites excluding steroid dienone is 1. The van der Waals surface area contributed by atoms with Crippen LogP contribution < -0.4 is 0 Å². The number of carbonyl (C=O) groups is 2. The second kappa shape index (κ2) is 3.14. The molecule has 2 spiro atoms. The fourth-order valence-corrected chi connectivity index (χ4v) is 5.14. The van der Waals surface area contributed by atoms with Gasteiger partial charge in [0, 0.05) is 37.1 Å². The molecule has 0 aromatic heterocycles. The van der Waals surface area contributed by atoms with Crippen molar-refractivity contribution in [2.75, 3.05) is 6.54 Å². The Bertz CT molecular complexity index is 659. The number of carbonyl (C=O) groups excluding carboxylic acids is 2. The lowest BCUT2D eigenvalue weighted by molar-refractivity contribution is -0.153. The number of esters is 1. The number of rotatable bonds is 0. The van der Waals surface area contributed by atoms with E-state index in [0.717, 1.165) is 31.4 Å². The Morgan fingerprint density at radius 1 is 1.30 bits per heavy atom. The summed E-state index contributed by atoms with van der Waals surface area (Å²) in [5, 5.41) is 0. The van der Waals surface area contributed by atoms with E-state index in [4.69, 9.17) is 4.74 Å². The molecule has 0 amide bonds. The summed E-state index contributed by atoms with van der Waals surface area (Å²) in [5.41, 5.74) is 1.14. The van der Waals surface area contributed by atoms with Gasteiger partial charge in [0.2, 0.25) is 0 Å². The summed E-state index contributed by atoms with van der Waals surface area (Å²) in [6, 6.07) is 0.285. The van der Waals surface area contributed by atoms with Gasteiger partial charge >= 0.3 is 5.97 Å². The van der Waals surface area contributed by atoms with Gasteiger partial charge in [-0.1, -0.05) is 12.2 Å². The third-order valence-corrected chi connectivity index (χ3v) is 5.71. The van der Waals surface area contributed by atoms with Crippen LogP contribution >= 0.6 is 0 Å². The van der Waals surface area contributed by atoms with E-state index in [0.29, 0.717) is 6.42 Å². The minimum atomic E-state index is -0.609. The lowest BCUT2D eigenvalue weighted by atomic mass is 9.68. The van der Waals surface area contributed by atoms with Gasteiger partial charge in [-0.05, 0) is 24.5 Å². The molecule has 3 aliphatic heterocycles. The average molecular weight is 269 g/mol. The van der Waals surface area contributed by atoms with Crippen LogP contribution in [0.2, 0.25) is 0 Å². The number of piperidine rings is 1. The molecule has 0 aromatic carbocycles. The van der Waals surface area contributed by atoms with Gasteiger partial charge in [-0.2, -0.15) is 0 Å². The highest BCUT2D eigenvalue weighted by molar-refractivity contribution is 5.97. The molecular formula is C16H15NO3. The summed E-state index contributed by atoms with van der Waals surface area (Å²) in [5.74, 6) is -0.0816. The van der Waals surface area contributed by atoms with Crippen LogP contribution in [0.5, 0.6) is 0 Å². The molecule has 20 heavy (non-hydrogen) atoms. The van der Waals surface area contributed by atoms with Gasteiger partial charge in [0.05, 0.1) is 5.54 Å². The Labute approximate surface area is 116 Å². The van der Waals surface area contributed by atoms with E-state index in [9.17, 15) is 9.59 Å². The highest BCUT2D eigenvalue weighted by atomic mass is 16.6. The van der Waals surface area contributed by atoms with Crippen LogP contribution in [0.25, 0.3) is 0 Å². The molecule has 5 rings (SSSR count). The normalized spacial score (nSPS) is 44.7. The van der Waals surface area contributed by atoms with Crippen molar-refractivity contribution >= 4 is 11.8 Å². The van der Waals surface area contributed by atoms with Crippen LogP contribution in [0, 0.1) is 0 Å². The van der Waals surface area contributed by atoms with Crippen LogP contribution in [-0.4, -0.2) is 40.4 Å². The van der Waals surface area contributed by atoms with Crippen LogP contribution in [-0.2, 0) is 14.3 Å². The number of nitrogens with zero attached hydrogens (tertiary/aromatic N) is 1. The largest absolute Gasteiger partial charge is 0.449 e. The standard InChI is InChI=1S/C16H15NO3/c18-13-6-10-2-1-5-17-12-4-3-11-7-14(19)20-16(11,8-12)15(10,17)9-13/h3-4,6-7,12H,1-2,5,8-9H2/t12-,15+,16+/m0/s1. The third kappa shape index (κ3) is 0.955. The predicted molar refractivity (Wildman–Crippen MR) is 70.8 cm³/mol. The van der Waals surface area contributed by atoms with Crippen LogP contribution in [0.1, 0.15) is 25.7 Å². The first-order valence-corrected chi connectivity index (χ1v) is 7.30.